The Labute approximate surface area is 118 Å². The second-order valence-corrected chi connectivity index (χ2v) is 6.46. The van der Waals surface area contributed by atoms with E-state index in [9.17, 15) is 14.7 Å². The average Bonchev–Trinajstić information content (AvgIpc) is 2.67. The van der Waals surface area contributed by atoms with Crippen LogP contribution in [0.1, 0.15) is 53.8 Å². The summed E-state index contributed by atoms with van der Waals surface area (Å²) in [5, 5.41) is 10.2. The molecule has 2 aliphatic rings. The van der Waals surface area contributed by atoms with E-state index in [0.717, 1.165) is 12.8 Å². The number of hydrogen-bond acceptors (Lipinski definition) is 3. The summed E-state index contributed by atoms with van der Waals surface area (Å²) in [5.74, 6) is -0.440. The molecule has 0 saturated heterocycles. The average molecular weight is 273 g/mol. The lowest BCUT2D eigenvalue weighted by atomic mass is 9.73. The van der Waals surface area contributed by atoms with Gasteiger partial charge in [0.05, 0.1) is 17.2 Å². The highest BCUT2D eigenvalue weighted by atomic mass is 16.3. The maximum Gasteiger partial charge on any atom is 0.261 e. The Bertz CT molecular complexity index is 544. The molecule has 106 valence electrons. The Morgan fingerprint density at radius 3 is 2.20 bits per heavy atom. The number of fused-ring (bicyclic) bond motifs is 1. The molecular weight excluding hydrogens is 254 g/mol. The van der Waals surface area contributed by atoms with Crippen LogP contribution in [0.4, 0.5) is 0 Å². The molecule has 4 heteroatoms. The molecule has 3 rings (SSSR count). The van der Waals surface area contributed by atoms with Crippen LogP contribution < -0.4 is 0 Å². The number of aliphatic hydroxyl groups is 1. The Morgan fingerprint density at radius 2 is 1.70 bits per heavy atom. The molecule has 0 radical (unpaired) electrons. The molecule has 4 nitrogen and oxygen atoms in total. The molecule has 0 unspecified atom stereocenters. The first-order chi connectivity index (χ1) is 9.42. The van der Waals surface area contributed by atoms with Crippen LogP contribution in [-0.4, -0.2) is 34.0 Å². The van der Waals surface area contributed by atoms with E-state index >= 15 is 0 Å². The normalized spacial score (nSPS) is 28.6. The minimum atomic E-state index is -0.481. The third-order valence-corrected chi connectivity index (χ3v) is 4.71. The number of imide groups is 1. The van der Waals surface area contributed by atoms with Crippen molar-refractivity contribution in [3.63, 3.8) is 0 Å². The largest absolute Gasteiger partial charge is 0.392 e. The van der Waals surface area contributed by atoms with Gasteiger partial charge in [-0.15, -0.1) is 0 Å². The molecular formula is C16H19NO3. The first-order valence-corrected chi connectivity index (χ1v) is 7.07. The van der Waals surface area contributed by atoms with E-state index in [1.807, 2.05) is 13.8 Å². The first kappa shape index (κ1) is 13.3. The summed E-state index contributed by atoms with van der Waals surface area (Å²) in [6, 6.07) is 6.74. The molecule has 1 aliphatic carbocycles. The summed E-state index contributed by atoms with van der Waals surface area (Å²) in [7, 11) is 0. The van der Waals surface area contributed by atoms with Crippen molar-refractivity contribution in [2.24, 2.45) is 5.41 Å². The minimum Gasteiger partial charge on any atom is -0.392 e. The fraction of sp³-hybridized carbons (Fsp3) is 0.500. The molecule has 0 spiro atoms. The molecule has 20 heavy (non-hydrogen) atoms. The Morgan fingerprint density at radius 1 is 1.15 bits per heavy atom. The SMILES string of the molecule is CC1(C)CC[C@@H](N2C(=O)c3ccccc3C2=O)C[C@@H]1O. The van der Waals surface area contributed by atoms with Crippen molar-refractivity contribution in [1.82, 2.24) is 4.90 Å². The number of aliphatic hydroxyl groups excluding tert-OH is 1. The number of benzene rings is 1. The highest BCUT2D eigenvalue weighted by Gasteiger charge is 2.44. The van der Waals surface area contributed by atoms with Gasteiger partial charge < -0.3 is 5.11 Å². The monoisotopic (exact) mass is 273 g/mol. The van der Waals surface area contributed by atoms with E-state index in [2.05, 4.69) is 0 Å². The lowest BCUT2D eigenvalue weighted by Crippen LogP contribution is -2.48. The van der Waals surface area contributed by atoms with Crippen LogP contribution in [0.3, 0.4) is 0 Å². The number of rotatable bonds is 1. The van der Waals surface area contributed by atoms with Crippen molar-refractivity contribution in [3.8, 4) is 0 Å². The standard InChI is InChI=1S/C16H19NO3/c1-16(2)8-7-10(9-13(16)18)17-14(19)11-5-3-4-6-12(11)15(17)20/h3-6,10,13,18H,7-9H2,1-2H3/t10-,13+/m1/s1. The van der Waals surface area contributed by atoms with Crippen LogP contribution in [0.25, 0.3) is 0 Å². The van der Waals surface area contributed by atoms with Gasteiger partial charge in [-0.3, -0.25) is 14.5 Å². The number of amides is 2. The number of carbonyl (C=O) groups excluding carboxylic acids is 2. The summed E-state index contributed by atoms with van der Waals surface area (Å²) in [6.45, 7) is 4.05. The number of hydrogen-bond donors (Lipinski definition) is 1. The van der Waals surface area contributed by atoms with Crippen molar-refractivity contribution >= 4 is 11.8 Å². The topological polar surface area (TPSA) is 57.6 Å². The van der Waals surface area contributed by atoms with Gasteiger partial charge in [0, 0.05) is 6.04 Å². The Balaban J connectivity index is 1.87. The van der Waals surface area contributed by atoms with Crippen LogP contribution >= 0.6 is 0 Å². The lowest BCUT2D eigenvalue weighted by molar-refractivity contribution is -0.0165. The highest BCUT2D eigenvalue weighted by Crippen LogP contribution is 2.39. The van der Waals surface area contributed by atoms with Crippen LogP contribution in [0, 0.1) is 5.41 Å². The summed E-state index contributed by atoms with van der Waals surface area (Å²) in [5.41, 5.74) is 0.823. The third kappa shape index (κ3) is 1.86. The fourth-order valence-electron chi connectivity index (χ4n) is 3.17. The quantitative estimate of drug-likeness (QED) is 0.798. The predicted octanol–water partition coefficient (Wildman–Crippen LogP) is 2.22. The molecule has 1 aliphatic heterocycles. The second-order valence-electron chi connectivity index (χ2n) is 6.46. The van der Waals surface area contributed by atoms with Crippen LogP contribution in [-0.2, 0) is 0 Å². The van der Waals surface area contributed by atoms with E-state index in [4.69, 9.17) is 0 Å². The van der Waals surface area contributed by atoms with E-state index < -0.39 is 6.10 Å². The summed E-state index contributed by atoms with van der Waals surface area (Å²) < 4.78 is 0. The van der Waals surface area contributed by atoms with Gasteiger partial charge in [0.2, 0.25) is 0 Å². The van der Waals surface area contributed by atoms with Gasteiger partial charge in [0.25, 0.3) is 11.8 Å². The highest BCUT2D eigenvalue weighted by molar-refractivity contribution is 6.21. The minimum absolute atomic E-state index is 0.144. The van der Waals surface area contributed by atoms with Crippen molar-refractivity contribution in [2.45, 2.75) is 45.3 Å². The maximum absolute atomic E-state index is 12.4. The molecule has 1 N–H and O–H groups in total. The first-order valence-electron chi connectivity index (χ1n) is 7.07. The zero-order chi connectivity index (χ0) is 14.5. The molecule has 1 aromatic rings. The molecule has 1 aromatic carbocycles. The molecule has 1 heterocycles. The number of nitrogens with zero attached hydrogens (tertiary/aromatic N) is 1. The van der Waals surface area contributed by atoms with Gasteiger partial charge in [-0.05, 0) is 36.8 Å². The van der Waals surface area contributed by atoms with Gasteiger partial charge >= 0.3 is 0 Å². The van der Waals surface area contributed by atoms with Crippen molar-refractivity contribution < 1.29 is 14.7 Å². The summed E-state index contributed by atoms with van der Waals surface area (Å²) in [6.07, 6.45) is 1.56. The van der Waals surface area contributed by atoms with E-state index in [0.29, 0.717) is 17.5 Å². The van der Waals surface area contributed by atoms with E-state index in [-0.39, 0.29) is 23.3 Å². The lowest BCUT2D eigenvalue weighted by Gasteiger charge is -2.41. The summed E-state index contributed by atoms with van der Waals surface area (Å²) in [4.78, 5) is 26.1. The number of carbonyl (C=O) groups is 2. The smallest absolute Gasteiger partial charge is 0.261 e. The van der Waals surface area contributed by atoms with Gasteiger partial charge in [-0.2, -0.15) is 0 Å². The zero-order valence-corrected chi connectivity index (χ0v) is 11.8. The predicted molar refractivity (Wildman–Crippen MR) is 74.4 cm³/mol. The van der Waals surface area contributed by atoms with E-state index in [1.165, 1.54) is 4.90 Å². The molecule has 0 aromatic heterocycles. The Hall–Kier alpha value is -1.68. The third-order valence-electron chi connectivity index (χ3n) is 4.71. The van der Waals surface area contributed by atoms with Gasteiger partial charge in [-0.25, -0.2) is 0 Å². The maximum atomic E-state index is 12.4. The van der Waals surface area contributed by atoms with Crippen molar-refractivity contribution in [3.05, 3.63) is 35.4 Å². The molecule has 0 bridgehead atoms. The van der Waals surface area contributed by atoms with Crippen LogP contribution in [0.15, 0.2) is 24.3 Å². The Kier molecular flexibility index (Phi) is 2.94. The molecule has 2 atom stereocenters. The summed E-state index contributed by atoms with van der Waals surface area (Å²) >= 11 is 0. The van der Waals surface area contributed by atoms with Crippen molar-refractivity contribution in [2.75, 3.05) is 0 Å². The fourth-order valence-corrected chi connectivity index (χ4v) is 3.17. The van der Waals surface area contributed by atoms with Gasteiger partial charge in [-0.1, -0.05) is 26.0 Å². The van der Waals surface area contributed by atoms with Gasteiger partial charge in [0.15, 0.2) is 0 Å². The molecule has 1 saturated carbocycles. The van der Waals surface area contributed by atoms with Crippen LogP contribution in [0.2, 0.25) is 0 Å². The van der Waals surface area contributed by atoms with Crippen LogP contribution in [0.5, 0.6) is 0 Å². The van der Waals surface area contributed by atoms with Gasteiger partial charge in [0.1, 0.15) is 0 Å². The second kappa shape index (κ2) is 4.42. The van der Waals surface area contributed by atoms with E-state index in [1.54, 1.807) is 24.3 Å². The molecule has 1 fully saturated rings. The molecule has 2 amide bonds. The zero-order valence-electron chi connectivity index (χ0n) is 11.8. The van der Waals surface area contributed by atoms with Crippen molar-refractivity contribution in [1.29, 1.82) is 0 Å².